The van der Waals surface area contributed by atoms with E-state index in [0.29, 0.717) is 28.3 Å². The van der Waals surface area contributed by atoms with E-state index in [4.69, 9.17) is 9.47 Å². The van der Waals surface area contributed by atoms with Crippen molar-refractivity contribution in [2.75, 3.05) is 19.1 Å². The van der Waals surface area contributed by atoms with Crippen molar-refractivity contribution in [2.24, 2.45) is 11.8 Å². The van der Waals surface area contributed by atoms with Gasteiger partial charge in [0.15, 0.2) is 5.78 Å². The van der Waals surface area contributed by atoms with Crippen molar-refractivity contribution in [1.82, 2.24) is 0 Å². The van der Waals surface area contributed by atoms with E-state index in [-0.39, 0.29) is 17.6 Å². The minimum atomic E-state index is -1.47. The molecule has 6 nitrogen and oxygen atoms in total. The lowest BCUT2D eigenvalue weighted by molar-refractivity contribution is -0.130. The summed E-state index contributed by atoms with van der Waals surface area (Å²) in [6, 6.07) is 41.7. The molecule has 0 radical (unpaired) electrons. The van der Waals surface area contributed by atoms with Crippen LogP contribution < -0.4 is 14.4 Å². The second-order valence-electron chi connectivity index (χ2n) is 12.7. The number of carbonyl (C=O) groups is 3. The summed E-state index contributed by atoms with van der Waals surface area (Å²) >= 11 is 0. The molecule has 0 N–H and O–H groups in total. The molecule has 1 saturated carbocycles. The zero-order chi connectivity index (χ0) is 33.2. The van der Waals surface area contributed by atoms with Crippen LogP contribution in [0.1, 0.15) is 27.8 Å². The van der Waals surface area contributed by atoms with Gasteiger partial charge in [-0.05, 0) is 76.7 Å². The number of nitrogens with zero attached hydrogens (tertiary/aromatic N) is 1. The maximum atomic E-state index is 16.0. The molecule has 5 aromatic rings. The molecule has 2 fully saturated rings. The largest absolute Gasteiger partial charge is 0.497 e. The van der Waals surface area contributed by atoms with Crippen molar-refractivity contribution in [3.05, 3.63) is 161 Å². The molecule has 48 heavy (non-hydrogen) atoms. The highest BCUT2D eigenvalue weighted by Gasteiger charge is 2.82. The number of allylic oxidation sites excluding steroid dienone is 2. The highest BCUT2D eigenvalue weighted by molar-refractivity contribution is 6.39. The van der Waals surface area contributed by atoms with Crippen LogP contribution in [0.3, 0.4) is 0 Å². The van der Waals surface area contributed by atoms with Gasteiger partial charge >= 0.3 is 0 Å². The first-order chi connectivity index (χ1) is 23.4. The molecule has 5 aromatic carbocycles. The smallest absolute Gasteiger partial charge is 0.239 e. The predicted octanol–water partition coefficient (Wildman–Crippen LogP) is 7.20. The fourth-order valence-electron chi connectivity index (χ4n) is 8.59. The van der Waals surface area contributed by atoms with Gasteiger partial charge in [-0.25, -0.2) is 4.90 Å². The summed E-state index contributed by atoms with van der Waals surface area (Å²) in [6.45, 7) is 1.96. The minimum absolute atomic E-state index is 0.163. The first-order valence-electron chi connectivity index (χ1n) is 16.0. The maximum Gasteiger partial charge on any atom is 0.239 e. The standard InChI is InChI=1S/C42H33NO5/c1-26-14-20-31(21-15-26)43-38(44)36-37(39(43)45)42(30-12-8-5-9-13-30)35(28-18-24-33(48-3)25-19-28)34(27-16-22-32(47-2)23-17-27)41(36,40(42)46)29-10-6-4-7-11-29/h4-25,36-37H,1-3H3/t36-,37+,41+,42-. The molecule has 4 atom stereocenters. The quantitative estimate of drug-likeness (QED) is 0.178. The summed E-state index contributed by atoms with van der Waals surface area (Å²) in [5.41, 5.74) is 2.95. The molecule has 2 amide bonds. The van der Waals surface area contributed by atoms with E-state index < -0.39 is 22.7 Å². The van der Waals surface area contributed by atoms with E-state index >= 15 is 14.4 Å². The Balaban J connectivity index is 1.54. The van der Waals surface area contributed by atoms with Gasteiger partial charge in [-0.2, -0.15) is 0 Å². The second-order valence-corrected chi connectivity index (χ2v) is 12.7. The SMILES string of the molecule is COc1ccc(C2=C(c3ccc(OC)cc3)[C@]3(c4ccccc4)C(=O)[C@@]2(c2ccccc2)[C@@H]2C(=O)N(c4ccc(C)cc4)C(=O)[C@@H]23)cc1. The van der Waals surface area contributed by atoms with Crippen LogP contribution in [0.15, 0.2) is 133 Å². The van der Waals surface area contributed by atoms with Crippen LogP contribution in [0.4, 0.5) is 5.69 Å². The van der Waals surface area contributed by atoms with Gasteiger partial charge < -0.3 is 9.47 Å². The van der Waals surface area contributed by atoms with E-state index in [1.165, 1.54) is 4.90 Å². The molecule has 8 rings (SSSR count). The van der Waals surface area contributed by atoms with Gasteiger partial charge in [0.1, 0.15) is 11.5 Å². The lowest BCUT2D eigenvalue weighted by Gasteiger charge is -2.39. The molecule has 1 saturated heterocycles. The first kappa shape index (κ1) is 29.6. The van der Waals surface area contributed by atoms with Gasteiger partial charge in [-0.15, -0.1) is 0 Å². The highest BCUT2D eigenvalue weighted by atomic mass is 16.5. The number of ether oxygens (including phenoxy) is 2. The molecule has 236 valence electrons. The third kappa shape index (κ3) is 3.77. The number of anilines is 1. The summed E-state index contributed by atoms with van der Waals surface area (Å²) < 4.78 is 11.0. The van der Waals surface area contributed by atoms with Gasteiger partial charge in [0.05, 0.1) is 42.6 Å². The number of rotatable bonds is 7. The van der Waals surface area contributed by atoms with Crippen LogP contribution in [0, 0.1) is 18.8 Å². The molecule has 3 aliphatic rings. The summed E-state index contributed by atoms with van der Waals surface area (Å²) in [5, 5.41) is 0. The van der Waals surface area contributed by atoms with Crippen LogP contribution in [0.5, 0.6) is 11.5 Å². The zero-order valence-electron chi connectivity index (χ0n) is 26.8. The Morgan fingerprint density at radius 2 is 0.917 bits per heavy atom. The van der Waals surface area contributed by atoms with Crippen molar-refractivity contribution in [3.8, 4) is 11.5 Å². The van der Waals surface area contributed by atoms with Crippen LogP contribution in [0.2, 0.25) is 0 Å². The first-order valence-corrected chi connectivity index (χ1v) is 16.0. The number of fused-ring (bicyclic) bond motifs is 5. The molecule has 6 heteroatoms. The number of aryl methyl sites for hydroxylation is 1. The van der Waals surface area contributed by atoms with Gasteiger partial charge in [-0.1, -0.05) is 103 Å². The maximum absolute atomic E-state index is 16.0. The number of methoxy groups -OCH3 is 2. The highest BCUT2D eigenvalue weighted by Crippen LogP contribution is 2.74. The van der Waals surface area contributed by atoms with Gasteiger partial charge in [0.25, 0.3) is 0 Å². The van der Waals surface area contributed by atoms with Crippen LogP contribution in [-0.2, 0) is 25.2 Å². The van der Waals surface area contributed by atoms with Crippen LogP contribution in [-0.4, -0.2) is 31.8 Å². The number of amides is 2. The zero-order valence-corrected chi connectivity index (χ0v) is 26.8. The van der Waals surface area contributed by atoms with E-state index in [1.807, 2.05) is 140 Å². The Hall–Kier alpha value is -5.75. The summed E-state index contributed by atoms with van der Waals surface area (Å²) in [4.78, 5) is 47.5. The van der Waals surface area contributed by atoms with Crippen molar-refractivity contribution in [3.63, 3.8) is 0 Å². The van der Waals surface area contributed by atoms with Crippen LogP contribution in [0.25, 0.3) is 11.1 Å². The number of hydrogen-bond acceptors (Lipinski definition) is 5. The minimum Gasteiger partial charge on any atom is -0.497 e. The number of Topliss-reactive ketones (excluding diaryl/α,β-unsaturated/α-hetero) is 1. The van der Waals surface area contributed by atoms with E-state index in [1.54, 1.807) is 14.2 Å². The Labute approximate surface area is 279 Å². The number of carbonyl (C=O) groups excluding carboxylic acids is 3. The number of hydrogen-bond donors (Lipinski definition) is 0. The molecular weight excluding hydrogens is 598 g/mol. The third-order valence-corrected chi connectivity index (χ3v) is 10.5. The summed E-state index contributed by atoms with van der Waals surface area (Å²) in [5.74, 6) is -1.54. The monoisotopic (exact) mass is 631 g/mol. The van der Waals surface area contributed by atoms with Crippen molar-refractivity contribution in [1.29, 1.82) is 0 Å². The molecule has 2 aliphatic carbocycles. The average Bonchev–Trinajstić information content (AvgIpc) is 3.65. The lowest BCUT2D eigenvalue weighted by Crippen LogP contribution is -2.45. The van der Waals surface area contributed by atoms with E-state index in [2.05, 4.69) is 0 Å². The fraction of sp³-hybridized carbons (Fsp3) is 0.167. The normalized spacial score (nSPS) is 24.3. The topological polar surface area (TPSA) is 72.9 Å². The van der Waals surface area contributed by atoms with Gasteiger partial charge in [-0.3, -0.25) is 14.4 Å². The molecule has 1 heterocycles. The lowest BCUT2D eigenvalue weighted by atomic mass is 9.59. The number of ketones is 1. The Kier molecular flexibility index (Phi) is 6.74. The average molecular weight is 632 g/mol. The molecule has 2 bridgehead atoms. The molecule has 0 spiro atoms. The Bertz CT molecular complexity index is 1970. The second kappa shape index (κ2) is 10.9. The van der Waals surface area contributed by atoms with Gasteiger partial charge in [0, 0.05) is 0 Å². The van der Waals surface area contributed by atoms with Crippen molar-refractivity contribution < 1.29 is 23.9 Å². The molecular formula is C42H33NO5. The van der Waals surface area contributed by atoms with E-state index in [9.17, 15) is 0 Å². The number of imide groups is 1. The Morgan fingerprint density at radius 3 is 1.29 bits per heavy atom. The van der Waals surface area contributed by atoms with E-state index in [0.717, 1.165) is 27.8 Å². The fourth-order valence-corrected chi connectivity index (χ4v) is 8.59. The molecule has 0 aromatic heterocycles. The van der Waals surface area contributed by atoms with Crippen molar-refractivity contribution in [2.45, 2.75) is 17.8 Å². The summed E-state index contributed by atoms with van der Waals surface area (Å²) in [7, 11) is 3.22. The Morgan fingerprint density at radius 1 is 0.521 bits per heavy atom. The van der Waals surface area contributed by atoms with Crippen molar-refractivity contribution >= 4 is 34.4 Å². The van der Waals surface area contributed by atoms with Gasteiger partial charge in [0.2, 0.25) is 11.8 Å². The van der Waals surface area contributed by atoms with Crippen LogP contribution >= 0.6 is 0 Å². The number of benzene rings is 5. The molecule has 0 unspecified atom stereocenters. The third-order valence-electron chi connectivity index (χ3n) is 10.5. The summed E-state index contributed by atoms with van der Waals surface area (Å²) in [6.07, 6.45) is 0. The molecule has 1 aliphatic heterocycles. The predicted molar refractivity (Wildman–Crippen MR) is 185 cm³/mol.